The normalized spacial score (nSPS) is 18.8. The van der Waals surface area contributed by atoms with E-state index in [0.29, 0.717) is 23.4 Å². The minimum Gasteiger partial charge on any atom is -0.464 e. The van der Waals surface area contributed by atoms with Crippen molar-refractivity contribution in [1.29, 1.82) is 0 Å². The van der Waals surface area contributed by atoms with Gasteiger partial charge in [0, 0.05) is 36.1 Å². The highest BCUT2D eigenvalue weighted by molar-refractivity contribution is 8.05. The maximum absolute atomic E-state index is 13.1. The number of non-ortho nitro benzene ring substituents is 1. The Labute approximate surface area is 228 Å². The molecule has 0 radical (unpaired) electrons. The highest BCUT2D eigenvalue weighted by atomic mass is 32.2. The molecule has 0 aliphatic carbocycles. The largest absolute Gasteiger partial charge is 0.464 e. The Balaban J connectivity index is 1.44. The Kier molecular flexibility index (Phi) is 8.77. The summed E-state index contributed by atoms with van der Waals surface area (Å²) in [6.45, 7) is 2.10. The second kappa shape index (κ2) is 12.4. The molecule has 2 aliphatic heterocycles. The van der Waals surface area contributed by atoms with Gasteiger partial charge in [-0.25, -0.2) is 4.79 Å². The topological polar surface area (TPSA) is 145 Å². The third-order valence-electron chi connectivity index (χ3n) is 6.39. The van der Waals surface area contributed by atoms with Crippen LogP contribution < -0.4 is 5.32 Å². The van der Waals surface area contributed by atoms with Gasteiger partial charge in [0.2, 0.25) is 11.8 Å². The van der Waals surface area contributed by atoms with Gasteiger partial charge < -0.3 is 19.7 Å². The van der Waals surface area contributed by atoms with E-state index in [-0.39, 0.29) is 36.3 Å². The summed E-state index contributed by atoms with van der Waals surface area (Å²) in [5.41, 5.74) is 1.47. The number of nitro benzene ring substituents is 1. The maximum Gasteiger partial charge on any atom is 0.356 e. The van der Waals surface area contributed by atoms with Crippen molar-refractivity contribution >= 4 is 41.7 Å². The Morgan fingerprint density at radius 1 is 1.18 bits per heavy atom. The lowest BCUT2D eigenvalue weighted by atomic mass is 9.83. The summed E-state index contributed by atoms with van der Waals surface area (Å²) in [6, 6.07) is 14.6. The molecule has 2 aromatic rings. The average Bonchev–Trinajstić information content (AvgIpc) is 3.25. The second-order valence-electron chi connectivity index (χ2n) is 8.84. The summed E-state index contributed by atoms with van der Waals surface area (Å²) >= 11 is 1.13. The van der Waals surface area contributed by atoms with Crippen LogP contribution in [-0.4, -0.2) is 46.2 Å². The lowest BCUT2D eigenvalue weighted by Crippen LogP contribution is -2.62. The third kappa shape index (κ3) is 6.34. The number of rotatable bonds is 12. The van der Waals surface area contributed by atoms with Gasteiger partial charge in [0.25, 0.3) is 12.2 Å². The summed E-state index contributed by atoms with van der Waals surface area (Å²) in [7, 11) is 0. The molecule has 0 unspecified atom stereocenters. The number of carbonyl (C=O) groups is 4. The molecule has 0 bridgehead atoms. The number of hydrogen-bond acceptors (Lipinski definition) is 9. The smallest absolute Gasteiger partial charge is 0.356 e. The summed E-state index contributed by atoms with van der Waals surface area (Å²) in [4.78, 5) is 61.3. The highest BCUT2D eigenvalue weighted by Crippen LogP contribution is 2.48. The number of nitro groups is 1. The van der Waals surface area contributed by atoms with E-state index in [1.807, 2.05) is 30.3 Å². The van der Waals surface area contributed by atoms with E-state index >= 15 is 0 Å². The standard InChI is InChI=1S/C27H25N3O8S/c1-17(38-16-31)24-21-13-22(39-12-11-23(32)28-14-18-5-3-2-4-6-18)25(29(21)26(24)33)27(34)37-15-19-7-9-20(10-8-19)30(35)36/h2-12,16-17,21,24H,13-15H2,1H3,(H,28,32)/b12-11-/t17-,21-,24-/m1/s1. The van der Waals surface area contributed by atoms with Crippen LogP contribution >= 0.6 is 11.8 Å². The van der Waals surface area contributed by atoms with E-state index in [2.05, 4.69) is 5.32 Å². The summed E-state index contributed by atoms with van der Waals surface area (Å²) in [5.74, 6) is -2.03. The van der Waals surface area contributed by atoms with Crippen molar-refractivity contribution in [2.75, 3.05) is 0 Å². The van der Waals surface area contributed by atoms with E-state index in [1.54, 1.807) is 6.92 Å². The van der Waals surface area contributed by atoms with Gasteiger partial charge in [0.15, 0.2) is 0 Å². The van der Waals surface area contributed by atoms with Crippen molar-refractivity contribution < 1.29 is 33.6 Å². The van der Waals surface area contributed by atoms with Gasteiger partial charge in [0.1, 0.15) is 18.4 Å². The number of β-lactam (4-membered cyclic amide) rings is 1. The molecule has 4 rings (SSSR count). The number of carbonyl (C=O) groups excluding carboxylic acids is 4. The molecule has 11 nitrogen and oxygen atoms in total. The van der Waals surface area contributed by atoms with Crippen molar-refractivity contribution in [3.8, 4) is 0 Å². The first-order valence-corrected chi connectivity index (χ1v) is 12.9. The van der Waals surface area contributed by atoms with Gasteiger partial charge in [-0.05, 0) is 35.6 Å². The predicted octanol–water partition coefficient (Wildman–Crippen LogP) is 3.21. The molecule has 2 amide bonds. The van der Waals surface area contributed by atoms with Crippen molar-refractivity contribution in [2.24, 2.45) is 5.92 Å². The van der Waals surface area contributed by atoms with Crippen molar-refractivity contribution in [3.05, 3.63) is 97.9 Å². The fourth-order valence-corrected chi connectivity index (χ4v) is 5.35. The van der Waals surface area contributed by atoms with E-state index < -0.39 is 29.0 Å². The first-order valence-electron chi connectivity index (χ1n) is 12.0. The van der Waals surface area contributed by atoms with E-state index in [1.165, 1.54) is 40.6 Å². The molecule has 2 heterocycles. The molecule has 12 heteroatoms. The zero-order valence-electron chi connectivity index (χ0n) is 20.9. The first kappa shape index (κ1) is 27.6. The minimum atomic E-state index is -0.740. The van der Waals surface area contributed by atoms with Crippen LogP contribution in [0, 0.1) is 16.0 Å². The van der Waals surface area contributed by atoms with Crippen LogP contribution in [0.25, 0.3) is 0 Å². The summed E-state index contributed by atoms with van der Waals surface area (Å²) in [5, 5.41) is 15.2. The van der Waals surface area contributed by atoms with Crippen LogP contribution in [0.2, 0.25) is 0 Å². The van der Waals surface area contributed by atoms with Crippen LogP contribution in [0.15, 0.2) is 76.7 Å². The average molecular weight is 552 g/mol. The Morgan fingerprint density at radius 3 is 2.56 bits per heavy atom. The van der Waals surface area contributed by atoms with Gasteiger partial charge in [-0.2, -0.15) is 0 Å². The molecule has 1 saturated heterocycles. The zero-order valence-corrected chi connectivity index (χ0v) is 21.7. The molecular formula is C27H25N3O8S. The van der Waals surface area contributed by atoms with Gasteiger partial charge in [-0.3, -0.25) is 24.5 Å². The van der Waals surface area contributed by atoms with Crippen LogP contribution in [0.4, 0.5) is 5.69 Å². The van der Waals surface area contributed by atoms with Crippen molar-refractivity contribution in [1.82, 2.24) is 10.2 Å². The second-order valence-corrected chi connectivity index (χ2v) is 9.84. The number of nitrogens with one attached hydrogen (secondary N) is 1. The fraction of sp³-hybridized carbons (Fsp3) is 0.259. The molecule has 2 aromatic carbocycles. The van der Waals surface area contributed by atoms with E-state index in [4.69, 9.17) is 9.47 Å². The van der Waals surface area contributed by atoms with Crippen LogP contribution in [0.3, 0.4) is 0 Å². The first-order chi connectivity index (χ1) is 18.8. The Hall–Kier alpha value is -4.45. The molecule has 1 N–H and O–H groups in total. The van der Waals surface area contributed by atoms with E-state index in [9.17, 15) is 29.3 Å². The lowest BCUT2D eigenvalue weighted by Gasteiger charge is -2.45. The SMILES string of the molecule is C[C@@H](OC=O)[C@H]1C(=O)N2C(C(=O)OCc3ccc([N+](=O)[O-])cc3)=C(S/C=C\C(=O)NCc3ccccc3)C[C@H]12. The molecule has 202 valence electrons. The molecule has 39 heavy (non-hydrogen) atoms. The number of fused-ring (bicyclic) bond motifs is 1. The number of ether oxygens (including phenoxy) is 2. The quantitative estimate of drug-likeness (QED) is 0.105. The van der Waals surface area contributed by atoms with Gasteiger partial charge >= 0.3 is 5.97 Å². The number of nitrogens with zero attached hydrogens (tertiary/aromatic N) is 2. The van der Waals surface area contributed by atoms with Crippen molar-refractivity contribution in [3.63, 3.8) is 0 Å². The number of benzene rings is 2. The molecule has 2 aliphatic rings. The number of thioether (sulfide) groups is 1. The molecule has 1 fully saturated rings. The molecular weight excluding hydrogens is 526 g/mol. The fourth-order valence-electron chi connectivity index (χ4n) is 4.44. The molecule has 0 saturated carbocycles. The minimum absolute atomic E-state index is 0.0702. The summed E-state index contributed by atoms with van der Waals surface area (Å²) in [6.07, 6.45) is 0.996. The van der Waals surface area contributed by atoms with Crippen LogP contribution in [0.1, 0.15) is 24.5 Å². The maximum atomic E-state index is 13.1. The molecule has 0 spiro atoms. The Morgan fingerprint density at radius 2 is 1.90 bits per heavy atom. The number of esters is 1. The third-order valence-corrected chi connectivity index (χ3v) is 7.31. The Bertz CT molecular complexity index is 1330. The van der Waals surface area contributed by atoms with Crippen molar-refractivity contribution in [2.45, 2.75) is 38.6 Å². The lowest BCUT2D eigenvalue weighted by molar-refractivity contribution is -0.384. The zero-order chi connectivity index (χ0) is 27.9. The van der Waals surface area contributed by atoms with Gasteiger partial charge in [-0.1, -0.05) is 42.1 Å². The van der Waals surface area contributed by atoms with Gasteiger partial charge in [-0.15, -0.1) is 0 Å². The van der Waals surface area contributed by atoms with Crippen LogP contribution in [-0.2, 0) is 41.8 Å². The monoisotopic (exact) mass is 551 g/mol. The summed E-state index contributed by atoms with van der Waals surface area (Å²) < 4.78 is 10.4. The van der Waals surface area contributed by atoms with Gasteiger partial charge in [0.05, 0.1) is 16.9 Å². The molecule has 0 aromatic heterocycles. The predicted molar refractivity (Wildman–Crippen MR) is 140 cm³/mol. The highest BCUT2D eigenvalue weighted by Gasteiger charge is 2.57. The number of amides is 2. The van der Waals surface area contributed by atoms with E-state index in [0.717, 1.165) is 17.3 Å². The molecule has 3 atom stereocenters. The number of hydrogen-bond donors (Lipinski definition) is 1. The van der Waals surface area contributed by atoms with Crippen LogP contribution in [0.5, 0.6) is 0 Å².